The highest BCUT2D eigenvalue weighted by molar-refractivity contribution is 7.15. The molecule has 5 nitrogen and oxygen atoms in total. The number of likely N-dealkylation sites (tertiary alicyclic amines) is 1. The lowest BCUT2D eigenvalue weighted by Crippen LogP contribution is -2.30. The first kappa shape index (κ1) is 17.5. The number of carbonyl (C=O) groups excluding carboxylic acids is 2. The summed E-state index contributed by atoms with van der Waals surface area (Å²) in [4.78, 5) is 27.5. The van der Waals surface area contributed by atoms with Gasteiger partial charge in [-0.3, -0.25) is 9.59 Å². The highest BCUT2D eigenvalue weighted by Crippen LogP contribution is 2.38. The second-order valence-corrected chi connectivity index (χ2v) is 7.07. The van der Waals surface area contributed by atoms with Crippen LogP contribution in [0.1, 0.15) is 50.7 Å². The molecular formula is C19H21NO4S. The van der Waals surface area contributed by atoms with Crippen molar-refractivity contribution in [2.45, 2.75) is 25.8 Å². The van der Waals surface area contributed by atoms with Crippen LogP contribution in [0.4, 0.5) is 0 Å². The molecule has 0 radical (unpaired) electrons. The topological polar surface area (TPSA) is 55.8 Å². The van der Waals surface area contributed by atoms with Gasteiger partial charge in [-0.05, 0) is 49.6 Å². The smallest absolute Gasteiger partial charge is 0.264 e. The lowest BCUT2D eigenvalue weighted by atomic mass is 10.0. The number of hydrogen-bond acceptors (Lipinski definition) is 5. The molecule has 1 atom stereocenters. The Labute approximate surface area is 151 Å². The molecule has 132 valence electrons. The summed E-state index contributed by atoms with van der Waals surface area (Å²) >= 11 is 1.26. The molecule has 0 N–H and O–H groups in total. The van der Waals surface area contributed by atoms with Crippen molar-refractivity contribution in [1.82, 2.24) is 4.90 Å². The maximum Gasteiger partial charge on any atom is 0.264 e. The predicted octanol–water partition coefficient (Wildman–Crippen LogP) is 3.95. The van der Waals surface area contributed by atoms with Gasteiger partial charge in [0.25, 0.3) is 5.91 Å². The van der Waals surface area contributed by atoms with Crippen LogP contribution in [0.2, 0.25) is 0 Å². The van der Waals surface area contributed by atoms with Gasteiger partial charge in [0, 0.05) is 6.54 Å². The van der Waals surface area contributed by atoms with Crippen molar-refractivity contribution in [1.29, 1.82) is 0 Å². The van der Waals surface area contributed by atoms with Gasteiger partial charge in [0.05, 0.1) is 30.0 Å². The molecular weight excluding hydrogens is 338 g/mol. The average Bonchev–Trinajstić information content (AvgIpc) is 3.30. The van der Waals surface area contributed by atoms with Gasteiger partial charge in [-0.1, -0.05) is 6.07 Å². The summed E-state index contributed by atoms with van der Waals surface area (Å²) in [7, 11) is 3.21. The van der Waals surface area contributed by atoms with Crippen LogP contribution >= 0.6 is 11.3 Å². The van der Waals surface area contributed by atoms with Crippen molar-refractivity contribution in [3.8, 4) is 11.5 Å². The molecule has 0 spiro atoms. The number of Topliss-reactive ketones (excluding diaryl/α,β-unsaturated/α-hetero) is 1. The Morgan fingerprint density at radius 1 is 1.08 bits per heavy atom. The van der Waals surface area contributed by atoms with Gasteiger partial charge in [0.15, 0.2) is 17.3 Å². The molecule has 3 rings (SSSR count). The zero-order valence-electron chi connectivity index (χ0n) is 14.6. The molecule has 2 heterocycles. The molecule has 0 unspecified atom stereocenters. The molecule has 1 saturated heterocycles. The molecule has 1 aromatic heterocycles. The van der Waals surface area contributed by atoms with E-state index >= 15 is 0 Å². The molecule has 1 amide bonds. The van der Waals surface area contributed by atoms with Gasteiger partial charge in [-0.15, -0.1) is 11.3 Å². The van der Waals surface area contributed by atoms with Crippen LogP contribution in [-0.2, 0) is 0 Å². The van der Waals surface area contributed by atoms with Gasteiger partial charge >= 0.3 is 0 Å². The Morgan fingerprint density at radius 2 is 1.80 bits per heavy atom. The monoisotopic (exact) mass is 359 g/mol. The molecule has 2 aromatic rings. The lowest BCUT2D eigenvalue weighted by molar-refractivity contribution is 0.0740. The maximum absolute atomic E-state index is 12.9. The van der Waals surface area contributed by atoms with E-state index in [4.69, 9.17) is 9.47 Å². The first-order chi connectivity index (χ1) is 12.0. The summed E-state index contributed by atoms with van der Waals surface area (Å²) in [6.07, 6.45) is 1.86. The van der Waals surface area contributed by atoms with Gasteiger partial charge in [0.1, 0.15) is 0 Å². The number of ether oxygens (including phenoxy) is 2. The number of benzene rings is 1. The third kappa shape index (κ3) is 3.39. The van der Waals surface area contributed by atoms with Crippen molar-refractivity contribution >= 4 is 23.0 Å². The standard InChI is InChI=1S/C19H21NO4S/c1-12(21)17-8-9-18(25-17)19(22)20-10-4-5-14(20)13-6-7-15(23-2)16(11-13)24-3/h6-9,11,14H,4-5,10H2,1-3H3/t14-/m0/s1. The van der Waals surface area contributed by atoms with Crippen molar-refractivity contribution in [2.75, 3.05) is 20.8 Å². The van der Waals surface area contributed by atoms with E-state index in [0.717, 1.165) is 18.4 Å². The van der Waals surface area contributed by atoms with Crippen LogP contribution in [0.15, 0.2) is 30.3 Å². The molecule has 1 fully saturated rings. The molecule has 0 saturated carbocycles. The maximum atomic E-state index is 12.9. The van der Waals surface area contributed by atoms with Crippen LogP contribution < -0.4 is 9.47 Å². The largest absolute Gasteiger partial charge is 0.493 e. The fraction of sp³-hybridized carbons (Fsp3) is 0.368. The average molecular weight is 359 g/mol. The predicted molar refractivity (Wildman–Crippen MR) is 96.9 cm³/mol. The van der Waals surface area contributed by atoms with Crippen molar-refractivity contribution in [3.05, 3.63) is 45.6 Å². The highest BCUT2D eigenvalue weighted by atomic mass is 32.1. The zero-order chi connectivity index (χ0) is 18.0. The van der Waals surface area contributed by atoms with Crippen molar-refractivity contribution < 1.29 is 19.1 Å². The molecule has 0 bridgehead atoms. The van der Waals surface area contributed by atoms with E-state index in [2.05, 4.69) is 0 Å². The quantitative estimate of drug-likeness (QED) is 0.759. The summed E-state index contributed by atoms with van der Waals surface area (Å²) in [5, 5.41) is 0. The summed E-state index contributed by atoms with van der Waals surface area (Å²) in [6, 6.07) is 9.26. The van der Waals surface area contributed by atoms with Crippen LogP contribution in [-0.4, -0.2) is 37.4 Å². The lowest BCUT2D eigenvalue weighted by Gasteiger charge is -2.25. The number of ketones is 1. The second kappa shape index (κ2) is 7.27. The van der Waals surface area contributed by atoms with Gasteiger partial charge in [0.2, 0.25) is 0 Å². The second-order valence-electron chi connectivity index (χ2n) is 5.99. The number of carbonyl (C=O) groups is 2. The molecule has 6 heteroatoms. The van der Waals surface area contributed by atoms with E-state index in [-0.39, 0.29) is 17.7 Å². The number of amides is 1. The van der Waals surface area contributed by atoms with Gasteiger partial charge in [-0.25, -0.2) is 0 Å². The molecule has 0 aliphatic carbocycles. The first-order valence-electron chi connectivity index (χ1n) is 8.18. The number of methoxy groups -OCH3 is 2. The van der Waals surface area contributed by atoms with E-state index in [0.29, 0.717) is 27.8 Å². The van der Waals surface area contributed by atoms with E-state index in [1.807, 2.05) is 23.1 Å². The van der Waals surface area contributed by atoms with Crippen molar-refractivity contribution in [3.63, 3.8) is 0 Å². The Bertz CT molecular complexity index is 798. The molecule has 1 aromatic carbocycles. The Kier molecular flexibility index (Phi) is 5.08. The van der Waals surface area contributed by atoms with Crippen molar-refractivity contribution in [2.24, 2.45) is 0 Å². The zero-order valence-corrected chi connectivity index (χ0v) is 15.4. The molecule has 1 aliphatic heterocycles. The number of rotatable bonds is 5. The first-order valence-corrected chi connectivity index (χ1v) is 9.00. The number of nitrogens with zero attached hydrogens (tertiary/aromatic N) is 1. The van der Waals surface area contributed by atoms with Crippen LogP contribution in [0, 0.1) is 0 Å². The van der Waals surface area contributed by atoms with Crippen LogP contribution in [0.25, 0.3) is 0 Å². The summed E-state index contributed by atoms with van der Waals surface area (Å²) in [5.74, 6) is 1.30. The van der Waals surface area contributed by atoms with E-state index in [1.54, 1.807) is 26.4 Å². The third-order valence-electron chi connectivity index (χ3n) is 4.47. The van der Waals surface area contributed by atoms with Crippen LogP contribution in [0.5, 0.6) is 11.5 Å². The third-order valence-corrected chi connectivity index (χ3v) is 5.64. The van der Waals surface area contributed by atoms with E-state index in [1.165, 1.54) is 18.3 Å². The SMILES string of the molecule is COc1ccc([C@@H]2CCCN2C(=O)c2ccc(C(C)=O)s2)cc1OC. The van der Waals surface area contributed by atoms with E-state index < -0.39 is 0 Å². The fourth-order valence-corrected chi connectivity index (χ4v) is 4.06. The molecule has 1 aliphatic rings. The van der Waals surface area contributed by atoms with Crippen LogP contribution in [0.3, 0.4) is 0 Å². The minimum absolute atomic E-state index is 0.00943. The normalized spacial score (nSPS) is 16.8. The summed E-state index contributed by atoms with van der Waals surface area (Å²) in [6.45, 7) is 2.23. The van der Waals surface area contributed by atoms with Gasteiger partial charge < -0.3 is 14.4 Å². The number of thiophene rings is 1. The minimum Gasteiger partial charge on any atom is -0.493 e. The highest BCUT2D eigenvalue weighted by Gasteiger charge is 2.32. The summed E-state index contributed by atoms with van der Waals surface area (Å²) < 4.78 is 10.7. The Balaban J connectivity index is 1.87. The summed E-state index contributed by atoms with van der Waals surface area (Å²) in [5.41, 5.74) is 1.03. The minimum atomic E-state index is -0.0187. The molecule has 25 heavy (non-hydrogen) atoms. The Hall–Kier alpha value is -2.34. The number of hydrogen-bond donors (Lipinski definition) is 0. The Morgan fingerprint density at radius 3 is 2.44 bits per heavy atom. The van der Waals surface area contributed by atoms with E-state index in [9.17, 15) is 9.59 Å². The fourth-order valence-electron chi connectivity index (χ4n) is 3.20. The van der Waals surface area contributed by atoms with Gasteiger partial charge in [-0.2, -0.15) is 0 Å².